The number of alkyl halides is 1. The Labute approximate surface area is 183 Å². The zero-order valence-corrected chi connectivity index (χ0v) is 18.2. The molecule has 0 aromatic heterocycles. The van der Waals surface area contributed by atoms with E-state index >= 15 is 0 Å². The second kappa shape index (κ2) is 8.19. The summed E-state index contributed by atoms with van der Waals surface area (Å²) < 4.78 is 20.6. The molecule has 0 bridgehead atoms. The lowest BCUT2D eigenvalue weighted by Gasteiger charge is -2.43. The maximum absolute atomic E-state index is 14.6. The van der Waals surface area contributed by atoms with Crippen LogP contribution in [0, 0.1) is 11.3 Å². The lowest BCUT2D eigenvalue weighted by Crippen LogP contribution is -2.54. The molecule has 31 heavy (non-hydrogen) atoms. The third kappa shape index (κ3) is 4.23. The van der Waals surface area contributed by atoms with E-state index in [4.69, 9.17) is 4.74 Å². The highest BCUT2D eigenvalue weighted by atomic mass is 19.1. The molecule has 1 unspecified atom stereocenters. The highest BCUT2D eigenvalue weighted by Gasteiger charge is 2.51. The van der Waals surface area contributed by atoms with Gasteiger partial charge in [0.2, 0.25) is 0 Å². The first-order valence-corrected chi connectivity index (χ1v) is 11.9. The highest BCUT2D eigenvalue weighted by molar-refractivity contribution is 5.94. The third-order valence-corrected chi connectivity index (χ3v) is 7.90. The first-order chi connectivity index (χ1) is 15.0. The molecule has 2 heterocycles. The van der Waals surface area contributed by atoms with E-state index in [1.54, 1.807) is 4.90 Å². The van der Waals surface area contributed by atoms with Crippen molar-refractivity contribution in [1.82, 2.24) is 9.80 Å². The van der Waals surface area contributed by atoms with Crippen LogP contribution in [0.5, 0.6) is 0 Å². The lowest BCUT2D eigenvalue weighted by atomic mass is 9.75. The lowest BCUT2D eigenvalue weighted by molar-refractivity contribution is -0.152. The third-order valence-electron chi connectivity index (χ3n) is 7.90. The van der Waals surface area contributed by atoms with Gasteiger partial charge in [0.1, 0.15) is 0 Å². The Morgan fingerprint density at radius 2 is 1.74 bits per heavy atom. The number of amides is 2. The molecule has 2 aliphatic heterocycles. The fraction of sp³-hybridized carbons (Fsp3) is 0.680. The summed E-state index contributed by atoms with van der Waals surface area (Å²) in [4.78, 5) is 29.6. The largest absolute Gasteiger partial charge is 0.379 e. The van der Waals surface area contributed by atoms with E-state index < -0.39 is 5.67 Å². The average molecular weight is 429 g/mol. The molecule has 0 radical (unpaired) electrons. The minimum Gasteiger partial charge on any atom is -0.379 e. The van der Waals surface area contributed by atoms with Crippen molar-refractivity contribution in [3.8, 4) is 0 Å². The van der Waals surface area contributed by atoms with Crippen LogP contribution in [-0.2, 0) is 9.53 Å². The molecule has 5 rings (SSSR count). The van der Waals surface area contributed by atoms with Crippen molar-refractivity contribution in [3.05, 3.63) is 35.9 Å². The maximum atomic E-state index is 14.6. The fourth-order valence-corrected chi connectivity index (χ4v) is 5.48. The summed E-state index contributed by atoms with van der Waals surface area (Å²) in [6.45, 7) is 3.24. The molecular formula is C25H33FN2O3. The first-order valence-electron chi connectivity index (χ1n) is 11.9. The van der Waals surface area contributed by atoms with Crippen LogP contribution >= 0.6 is 0 Å². The van der Waals surface area contributed by atoms with Crippen LogP contribution in [0.3, 0.4) is 0 Å². The van der Waals surface area contributed by atoms with E-state index in [1.165, 1.54) is 12.8 Å². The number of ether oxygens (including phenoxy) is 1. The van der Waals surface area contributed by atoms with Crippen LogP contribution in [0.1, 0.15) is 61.7 Å². The molecular weight excluding hydrogens is 395 g/mol. The van der Waals surface area contributed by atoms with E-state index in [0.29, 0.717) is 50.6 Å². The molecule has 2 aliphatic carbocycles. The van der Waals surface area contributed by atoms with Gasteiger partial charge in [0.25, 0.3) is 11.8 Å². The maximum Gasteiger partial charge on any atom is 0.260 e. The summed E-state index contributed by atoms with van der Waals surface area (Å²) in [5.74, 6) is 0.448. The number of benzene rings is 1. The van der Waals surface area contributed by atoms with Crippen LogP contribution < -0.4 is 0 Å². The predicted octanol–water partition coefficient (Wildman–Crippen LogP) is 3.83. The highest BCUT2D eigenvalue weighted by Crippen LogP contribution is 2.45. The Morgan fingerprint density at radius 3 is 2.35 bits per heavy atom. The van der Waals surface area contributed by atoms with E-state index in [9.17, 15) is 14.0 Å². The summed E-state index contributed by atoms with van der Waals surface area (Å²) >= 11 is 0. The van der Waals surface area contributed by atoms with Crippen LogP contribution in [0.2, 0.25) is 0 Å². The van der Waals surface area contributed by atoms with Crippen molar-refractivity contribution < 1.29 is 18.7 Å². The molecule has 168 valence electrons. The van der Waals surface area contributed by atoms with Crippen molar-refractivity contribution in [1.29, 1.82) is 0 Å². The van der Waals surface area contributed by atoms with Crippen LogP contribution in [-0.4, -0.2) is 66.2 Å². The zero-order valence-electron chi connectivity index (χ0n) is 18.2. The van der Waals surface area contributed by atoms with Gasteiger partial charge < -0.3 is 14.5 Å². The van der Waals surface area contributed by atoms with Crippen LogP contribution in [0.15, 0.2) is 30.3 Å². The van der Waals surface area contributed by atoms with Crippen molar-refractivity contribution in [2.24, 2.45) is 11.3 Å². The molecule has 0 N–H and O–H groups in total. The van der Waals surface area contributed by atoms with E-state index in [0.717, 1.165) is 32.3 Å². The molecule has 5 nitrogen and oxygen atoms in total. The first kappa shape index (κ1) is 20.9. The normalized spacial score (nSPS) is 26.7. The monoisotopic (exact) mass is 428 g/mol. The molecule has 4 aliphatic rings. The van der Waals surface area contributed by atoms with Gasteiger partial charge in [-0.15, -0.1) is 0 Å². The van der Waals surface area contributed by atoms with E-state index in [-0.39, 0.29) is 23.3 Å². The van der Waals surface area contributed by atoms with Gasteiger partial charge in [-0.1, -0.05) is 18.2 Å². The Balaban J connectivity index is 1.26. The van der Waals surface area contributed by atoms with Gasteiger partial charge in [0, 0.05) is 31.8 Å². The Bertz CT molecular complexity index is 813. The van der Waals surface area contributed by atoms with Crippen molar-refractivity contribution >= 4 is 11.8 Å². The zero-order chi connectivity index (χ0) is 21.5. The minimum absolute atomic E-state index is 0.00207. The number of hydrogen-bond donors (Lipinski definition) is 0. The fourth-order valence-electron chi connectivity index (χ4n) is 5.48. The smallest absolute Gasteiger partial charge is 0.260 e. The summed E-state index contributed by atoms with van der Waals surface area (Å²) in [5.41, 5.74) is -0.907. The quantitative estimate of drug-likeness (QED) is 0.692. The predicted molar refractivity (Wildman–Crippen MR) is 115 cm³/mol. The van der Waals surface area contributed by atoms with Crippen molar-refractivity contribution in [3.63, 3.8) is 0 Å². The van der Waals surface area contributed by atoms with Gasteiger partial charge in [-0.25, -0.2) is 4.39 Å². The summed E-state index contributed by atoms with van der Waals surface area (Å²) in [6.07, 6.45) is 6.60. The number of carbonyl (C=O) groups is 2. The van der Waals surface area contributed by atoms with Gasteiger partial charge in [0.05, 0.1) is 12.6 Å². The molecule has 1 atom stereocenters. The molecule has 1 aromatic rings. The Morgan fingerprint density at radius 1 is 1.03 bits per heavy atom. The van der Waals surface area contributed by atoms with Gasteiger partial charge >= 0.3 is 0 Å². The SMILES string of the molecule is O=C(c1ccccc1)N1CC2(CCN(C(=O)C3(F)CCC3)CC2)CC1COCC1CC1. The molecule has 4 fully saturated rings. The Kier molecular flexibility index (Phi) is 5.53. The Hall–Kier alpha value is -1.95. The molecule has 2 amide bonds. The summed E-state index contributed by atoms with van der Waals surface area (Å²) in [5, 5.41) is 0. The number of halogens is 1. The number of hydrogen-bond acceptors (Lipinski definition) is 3. The van der Waals surface area contributed by atoms with Crippen molar-refractivity contribution in [2.75, 3.05) is 32.8 Å². The van der Waals surface area contributed by atoms with E-state index in [2.05, 4.69) is 0 Å². The second-order valence-electron chi connectivity index (χ2n) is 10.2. The molecule has 1 aromatic carbocycles. The molecule has 6 heteroatoms. The molecule has 1 spiro atoms. The average Bonchev–Trinajstić information content (AvgIpc) is 3.53. The number of likely N-dealkylation sites (tertiary alicyclic amines) is 2. The summed E-state index contributed by atoms with van der Waals surface area (Å²) in [7, 11) is 0. The van der Waals surface area contributed by atoms with Gasteiger partial charge in [0.15, 0.2) is 5.67 Å². The van der Waals surface area contributed by atoms with Crippen LogP contribution in [0.25, 0.3) is 0 Å². The second-order valence-corrected chi connectivity index (χ2v) is 10.2. The molecule has 2 saturated heterocycles. The summed E-state index contributed by atoms with van der Waals surface area (Å²) in [6, 6.07) is 9.52. The van der Waals surface area contributed by atoms with Gasteiger partial charge in [-0.2, -0.15) is 0 Å². The topological polar surface area (TPSA) is 49.9 Å². The number of rotatable bonds is 6. The van der Waals surface area contributed by atoms with Gasteiger partial charge in [-0.05, 0) is 74.8 Å². The number of nitrogens with zero attached hydrogens (tertiary/aromatic N) is 2. The van der Waals surface area contributed by atoms with E-state index in [1.807, 2.05) is 35.2 Å². The number of carbonyl (C=O) groups excluding carboxylic acids is 2. The number of piperidine rings is 1. The van der Waals surface area contributed by atoms with Gasteiger partial charge in [-0.3, -0.25) is 9.59 Å². The van der Waals surface area contributed by atoms with Crippen molar-refractivity contribution in [2.45, 2.75) is 63.1 Å². The van der Waals surface area contributed by atoms with Crippen LogP contribution in [0.4, 0.5) is 4.39 Å². The minimum atomic E-state index is -1.62. The standard InChI is InChI=1S/C25H33FN2O3/c26-25(9-4-10-25)23(30)27-13-11-24(12-14-27)15-21(17-31-16-19-7-8-19)28(18-24)22(29)20-5-2-1-3-6-20/h1-3,5-6,19,21H,4,7-18H2. The molecule has 2 saturated carbocycles.